The highest BCUT2D eigenvalue weighted by Crippen LogP contribution is 2.24. The van der Waals surface area contributed by atoms with Crippen molar-refractivity contribution in [3.63, 3.8) is 0 Å². The van der Waals surface area contributed by atoms with Gasteiger partial charge in [0.25, 0.3) is 0 Å². The van der Waals surface area contributed by atoms with Crippen LogP contribution in [-0.4, -0.2) is 18.1 Å². The Kier molecular flexibility index (Phi) is 6.03. The molecule has 3 heteroatoms. The lowest BCUT2D eigenvalue weighted by Gasteiger charge is -2.23. The number of aliphatic carboxylic acids is 1. The molecule has 0 amide bonds. The van der Waals surface area contributed by atoms with Gasteiger partial charge in [0.1, 0.15) is 0 Å². The van der Waals surface area contributed by atoms with Crippen LogP contribution < -0.4 is 5.32 Å². The lowest BCUT2D eigenvalue weighted by molar-refractivity contribution is -0.138. The first-order valence-corrected chi connectivity index (χ1v) is 6.92. The molecule has 1 rings (SSSR count). The van der Waals surface area contributed by atoms with Crippen LogP contribution in [0.15, 0.2) is 24.3 Å². The molecule has 2 atom stereocenters. The fourth-order valence-electron chi connectivity index (χ4n) is 2.51. The Morgan fingerprint density at radius 2 is 1.79 bits per heavy atom. The fraction of sp³-hybridized carbons (Fsp3) is 0.562. The van der Waals surface area contributed by atoms with E-state index in [9.17, 15) is 4.79 Å². The van der Waals surface area contributed by atoms with E-state index < -0.39 is 5.97 Å². The average molecular weight is 263 g/mol. The Hall–Kier alpha value is -1.35. The first kappa shape index (κ1) is 15.7. The first-order valence-electron chi connectivity index (χ1n) is 6.92. The van der Waals surface area contributed by atoms with Crippen molar-refractivity contribution in [2.75, 3.05) is 7.05 Å². The summed E-state index contributed by atoms with van der Waals surface area (Å²) in [5, 5.41) is 12.1. The van der Waals surface area contributed by atoms with Gasteiger partial charge in [0.05, 0.1) is 0 Å². The average Bonchev–Trinajstić information content (AvgIpc) is 2.30. The van der Waals surface area contributed by atoms with Gasteiger partial charge < -0.3 is 10.4 Å². The van der Waals surface area contributed by atoms with E-state index in [4.69, 9.17) is 5.11 Å². The first-order chi connectivity index (χ1) is 8.93. The predicted octanol–water partition coefficient (Wildman–Crippen LogP) is 3.26. The van der Waals surface area contributed by atoms with E-state index >= 15 is 0 Å². The molecular formula is C16H25NO2. The molecule has 1 aromatic rings. The van der Waals surface area contributed by atoms with E-state index in [1.54, 1.807) is 0 Å². The Labute approximate surface area is 116 Å². The molecule has 0 bridgehead atoms. The number of hydrogen-bond donors (Lipinski definition) is 2. The summed E-state index contributed by atoms with van der Waals surface area (Å²) in [7, 11) is 1.88. The van der Waals surface area contributed by atoms with Gasteiger partial charge in [-0.05, 0) is 36.4 Å². The molecule has 0 saturated carbocycles. The molecule has 0 spiro atoms. The molecule has 19 heavy (non-hydrogen) atoms. The molecule has 0 fully saturated rings. The zero-order chi connectivity index (χ0) is 14.4. The summed E-state index contributed by atoms with van der Waals surface area (Å²) in [6, 6.07) is 8.60. The second-order valence-corrected chi connectivity index (χ2v) is 5.68. The number of nitrogens with one attached hydrogen (secondary N) is 1. The van der Waals surface area contributed by atoms with Crippen LogP contribution in [0.1, 0.15) is 44.4 Å². The van der Waals surface area contributed by atoms with Gasteiger partial charge in [-0.2, -0.15) is 0 Å². The zero-order valence-corrected chi connectivity index (χ0v) is 12.3. The van der Waals surface area contributed by atoms with E-state index in [1.807, 2.05) is 14.0 Å². The van der Waals surface area contributed by atoms with Gasteiger partial charge in [0.15, 0.2) is 0 Å². The normalized spacial score (nSPS) is 14.4. The molecule has 0 aliphatic heterocycles. The Bertz CT molecular complexity index is 398. The molecule has 1 aromatic carbocycles. The molecule has 0 aliphatic rings. The smallest absolute Gasteiger partial charge is 0.303 e. The van der Waals surface area contributed by atoms with E-state index in [0.29, 0.717) is 5.92 Å². The van der Waals surface area contributed by atoms with Gasteiger partial charge in [-0.3, -0.25) is 4.79 Å². The molecule has 0 heterocycles. The van der Waals surface area contributed by atoms with Crippen molar-refractivity contribution in [1.29, 1.82) is 0 Å². The van der Waals surface area contributed by atoms with Crippen LogP contribution in [0.5, 0.6) is 0 Å². The van der Waals surface area contributed by atoms with Gasteiger partial charge >= 0.3 is 5.97 Å². The van der Waals surface area contributed by atoms with Crippen LogP contribution >= 0.6 is 0 Å². The number of benzene rings is 1. The van der Waals surface area contributed by atoms with Crippen LogP contribution in [0.4, 0.5) is 0 Å². The Morgan fingerprint density at radius 3 is 2.21 bits per heavy atom. The molecule has 0 aliphatic carbocycles. The molecule has 3 nitrogen and oxygen atoms in total. The highest BCUT2D eigenvalue weighted by atomic mass is 16.4. The monoisotopic (exact) mass is 263 g/mol. The SMILES string of the molecule is CNC(c1ccc(CC(C)C)cc1)C(C)CC(=O)O. The van der Waals surface area contributed by atoms with E-state index in [0.717, 1.165) is 12.0 Å². The third-order valence-corrected chi connectivity index (χ3v) is 3.36. The van der Waals surface area contributed by atoms with Crippen molar-refractivity contribution in [3.05, 3.63) is 35.4 Å². The van der Waals surface area contributed by atoms with Crippen molar-refractivity contribution < 1.29 is 9.90 Å². The highest BCUT2D eigenvalue weighted by molar-refractivity contribution is 5.67. The van der Waals surface area contributed by atoms with E-state index in [-0.39, 0.29) is 18.4 Å². The standard InChI is InChI=1S/C16H25NO2/c1-11(2)9-13-5-7-14(8-6-13)16(17-4)12(3)10-15(18)19/h5-8,11-12,16-17H,9-10H2,1-4H3,(H,18,19). The number of rotatable bonds is 7. The predicted molar refractivity (Wildman–Crippen MR) is 78.2 cm³/mol. The van der Waals surface area contributed by atoms with Crippen LogP contribution in [0.25, 0.3) is 0 Å². The molecule has 0 aromatic heterocycles. The van der Waals surface area contributed by atoms with Crippen molar-refractivity contribution in [2.24, 2.45) is 11.8 Å². The van der Waals surface area contributed by atoms with Crippen LogP contribution in [-0.2, 0) is 11.2 Å². The van der Waals surface area contributed by atoms with Gasteiger partial charge in [-0.15, -0.1) is 0 Å². The second kappa shape index (κ2) is 7.29. The van der Waals surface area contributed by atoms with Gasteiger partial charge in [-0.25, -0.2) is 0 Å². The maximum atomic E-state index is 10.8. The minimum atomic E-state index is -0.746. The van der Waals surface area contributed by atoms with Crippen molar-refractivity contribution in [2.45, 2.75) is 39.7 Å². The molecule has 0 radical (unpaired) electrons. The van der Waals surface area contributed by atoms with Gasteiger partial charge in [0, 0.05) is 12.5 Å². The summed E-state index contributed by atoms with van der Waals surface area (Å²) in [5.74, 6) is -0.0282. The summed E-state index contributed by atoms with van der Waals surface area (Å²) < 4.78 is 0. The largest absolute Gasteiger partial charge is 0.481 e. The maximum Gasteiger partial charge on any atom is 0.303 e. The topological polar surface area (TPSA) is 49.3 Å². The molecule has 2 unspecified atom stereocenters. The van der Waals surface area contributed by atoms with Crippen molar-refractivity contribution >= 4 is 5.97 Å². The molecular weight excluding hydrogens is 238 g/mol. The molecule has 2 N–H and O–H groups in total. The number of carboxylic acids is 1. The summed E-state index contributed by atoms with van der Waals surface area (Å²) in [6.07, 6.45) is 1.26. The van der Waals surface area contributed by atoms with Crippen LogP contribution in [0, 0.1) is 11.8 Å². The number of carboxylic acid groups (broad SMARTS) is 1. The minimum absolute atomic E-state index is 0.0680. The zero-order valence-electron chi connectivity index (χ0n) is 12.3. The quantitative estimate of drug-likeness (QED) is 0.794. The molecule has 0 saturated heterocycles. The van der Waals surface area contributed by atoms with Gasteiger partial charge in [0.2, 0.25) is 0 Å². The van der Waals surface area contributed by atoms with Gasteiger partial charge in [-0.1, -0.05) is 45.0 Å². The highest BCUT2D eigenvalue weighted by Gasteiger charge is 2.19. The lowest BCUT2D eigenvalue weighted by Crippen LogP contribution is -2.25. The summed E-state index contributed by atoms with van der Waals surface area (Å²) >= 11 is 0. The van der Waals surface area contributed by atoms with Crippen LogP contribution in [0.2, 0.25) is 0 Å². The second-order valence-electron chi connectivity index (χ2n) is 5.68. The van der Waals surface area contributed by atoms with Crippen molar-refractivity contribution in [1.82, 2.24) is 5.32 Å². The molecule has 106 valence electrons. The third kappa shape index (κ3) is 5.03. The van der Waals surface area contributed by atoms with Crippen molar-refractivity contribution in [3.8, 4) is 0 Å². The third-order valence-electron chi connectivity index (χ3n) is 3.36. The lowest BCUT2D eigenvalue weighted by atomic mass is 9.91. The Balaban J connectivity index is 2.78. The Morgan fingerprint density at radius 1 is 1.21 bits per heavy atom. The summed E-state index contributed by atoms with van der Waals surface area (Å²) in [6.45, 7) is 6.38. The maximum absolute atomic E-state index is 10.8. The fourth-order valence-corrected chi connectivity index (χ4v) is 2.51. The number of hydrogen-bond acceptors (Lipinski definition) is 2. The minimum Gasteiger partial charge on any atom is -0.481 e. The van der Waals surface area contributed by atoms with E-state index in [2.05, 4.69) is 43.4 Å². The van der Waals surface area contributed by atoms with E-state index in [1.165, 1.54) is 5.56 Å². The summed E-state index contributed by atoms with van der Waals surface area (Å²) in [5.41, 5.74) is 2.49. The number of carbonyl (C=O) groups is 1. The van der Waals surface area contributed by atoms with Crippen LogP contribution in [0.3, 0.4) is 0 Å². The summed E-state index contributed by atoms with van der Waals surface area (Å²) in [4.78, 5) is 10.8.